The van der Waals surface area contributed by atoms with Gasteiger partial charge in [-0.3, -0.25) is 4.68 Å². The maximum atomic E-state index is 12.6. The molecule has 0 aliphatic rings. The van der Waals surface area contributed by atoms with Gasteiger partial charge in [-0.15, -0.1) is 0 Å². The second kappa shape index (κ2) is 5.97. The van der Waals surface area contributed by atoms with Gasteiger partial charge < -0.3 is 5.11 Å². The lowest BCUT2D eigenvalue weighted by atomic mass is 10.2. The van der Waals surface area contributed by atoms with Gasteiger partial charge in [0.2, 0.25) is 10.0 Å². The van der Waals surface area contributed by atoms with Crippen molar-refractivity contribution in [1.82, 2.24) is 14.1 Å². The van der Waals surface area contributed by atoms with E-state index in [2.05, 4.69) is 5.10 Å². The topological polar surface area (TPSA) is 75.4 Å². The number of aromatic nitrogens is 2. The molecular weight excluding hydrogens is 290 g/mol. The van der Waals surface area contributed by atoms with E-state index in [1.54, 1.807) is 43.2 Å². The molecule has 0 unspecified atom stereocenters. The second-order valence-electron chi connectivity index (χ2n) is 5.04. The van der Waals surface area contributed by atoms with E-state index in [-0.39, 0.29) is 18.0 Å². The fourth-order valence-electron chi connectivity index (χ4n) is 2.08. The molecule has 0 fully saturated rings. The first kappa shape index (κ1) is 15.7. The zero-order valence-corrected chi connectivity index (χ0v) is 13.1. The number of aliphatic hydroxyl groups excluding tert-OH is 1. The molecule has 21 heavy (non-hydrogen) atoms. The minimum absolute atomic E-state index is 0.185. The van der Waals surface area contributed by atoms with Gasteiger partial charge in [0.1, 0.15) is 0 Å². The zero-order valence-electron chi connectivity index (χ0n) is 12.3. The molecule has 1 aromatic heterocycles. The highest BCUT2D eigenvalue weighted by Gasteiger charge is 2.23. The highest BCUT2D eigenvalue weighted by atomic mass is 32.2. The van der Waals surface area contributed by atoms with Crippen molar-refractivity contribution in [3.8, 4) is 0 Å². The fraction of sp³-hybridized carbons (Fsp3) is 0.357. The SMILES string of the molecule is Cc1ccc(CO)cc1S(=O)(=O)N(C)Cc1cnn(C)c1. The summed E-state index contributed by atoms with van der Waals surface area (Å²) in [4.78, 5) is 0.223. The summed E-state index contributed by atoms with van der Waals surface area (Å²) in [5.74, 6) is 0. The molecule has 1 heterocycles. The van der Waals surface area contributed by atoms with Crippen molar-refractivity contribution in [2.24, 2.45) is 7.05 Å². The summed E-state index contributed by atoms with van der Waals surface area (Å²) in [5.41, 5.74) is 2.05. The minimum atomic E-state index is -3.61. The molecule has 0 saturated heterocycles. The Morgan fingerprint density at radius 1 is 1.33 bits per heavy atom. The molecule has 1 N–H and O–H groups in total. The van der Waals surface area contributed by atoms with Gasteiger partial charge in [-0.2, -0.15) is 9.40 Å². The van der Waals surface area contributed by atoms with Crippen molar-refractivity contribution in [2.75, 3.05) is 7.05 Å². The molecule has 2 aromatic rings. The average molecular weight is 309 g/mol. The molecule has 0 amide bonds. The minimum Gasteiger partial charge on any atom is -0.392 e. The summed E-state index contributed by atoms with van der Waals surface area (Å²) in [6.45, 7) is 1.81. The monoisotopic (exact) mass is 309 g/mol. The molecule has 0 aliphatic heterocycles. The maximum absolute atomic E-state index is 12.6. The molecule has 0 atom stereocenters. The van der Waals surface area contributed by atoms with E-state index < -0.39 is 10.0 Å². The lowest BCUT2D eigenvalue weighted by molar-refractivity contribution is 0.281. The van der Waals surface area contributed by atoms with Gasteiger partial charge in [-0.25, -0.2) is 8.42 Å². The number of nitrogens with zero attached hydrogens (tertiary/aromatic N) is 3. The van der Waals surface area contributed by atoms with Gasteiger partial charge in [0, 0.05) is 32.4 Å². The van der Waals surface area contributed by atoms with Crippen molar-refractivity contribution in [1.29, 1.82) is 0 Å². The largest absolute Gasteiger partial charge is 0.392 e. The standard InChI is InChI=1S/C14H19N3O3S/c1-11-4-5-12(10-18)6-14(11)21(19,20)17(3)9-13-7-15-16(2)8-13/h4-8,18H,9-10H2,1-3H3. The van der Waals surface area contributed by atoms with Crippen LogP contribution in [0.15, 0.2) is 35.5 Å². The van der Waals surface area contributed by atoms with E-state index in [4.69, 9.17) is 0 Å². The summed E-state index contributed by atoms with van der Waals surface area (Å²) in [6, 6.07) is 4.94. The van der Waals surface area contributed by atoms with Crippen LogP contribution in [0.4, 0.5) is 0 Å². The maximum Gasteiger partial charge on any atom is 0.243 e. The van der Waals surface area contributed by atoms with Gasteiger partial charge in [0.05, 0.1) is 17.7 Å². The second-order valence-corrected chi connectivity index (χ2v) is 7.05. The first-order chi connectivity index (χ1) is 9.84. The molecule has 6 nitrogen and oxygen atoms in total. The predicted molar refractivity (Wildman–Crippen MR) is 79.0 cm³/mol. The normalized spacial score (nSPS) is 12.0. The van der Waals surface area contributed by atoms with Crippen LogP contribution < -0.4 is 0 Å². The van der Waals surface area contributed by atoms with Crippen LogP contribution in [0.5, 0.6) is 0 Å². The Bertz CT molecular complexity index is 738. The van der Waals surface area contributed by atoms with E-state index in [1.807, 2.05) is 0 Å². The first-order valence-corrected chi connectivity index (χ1v) is 7.93. The van der Waals surface area contributed by atoms with Crippen LogP contribution in [-0.4, -0.2) is 34.7 Å². The highest BCUT2D eigenvalue weighted by molar-refractivity contribution is 7.89. The summed E-state index contributed by atoms with van der Waals surface area (Å²) in [7, 11) is -0.286. The molecule has 2 rings (SSSR count). The fourth-order valence-corrected chi connectivity index (χ4v) is 3.51. The van der Waals surface area contributed by atoms with E-state index >= 15 is 0 Å². The lowest BCUT2D eigenvalue weighted by Gasteiger charge is -2.18. The van der Waals surface area contributed by atoms with Crippen LogP contribution in [0.1, 0.15) is 16.7 Å². The third-order valence-electron chi connectivity index (χ3n) is 3.29. The van der Waals surface area contributed by atoms with Gasteiger partial charge >= 0.3 is 0 Å². The average Bonchev–Trinajstić information content (AvgIpc) is 2.84. The van der Waals surface area contributed by atoms with Gasteiger partial charge in [0.25, 0.3) is 0 Å². The van der Waals surface area contributed by atoms with Crippen molar-refractivity contribution < 1.29 is 13.5 Å². The molecule has 0 aliphatic carbocycles. The molecular formula is C14H19N3O3S. The van der Waals surface area contributed by atoms with Crippen LogP contribution in [0.3, 0.4) is 0 Å². The summed E-state index contributed by atoms with van der Waals surface area (Å²) < 4.78 is 28.2. The number of aliphatic hydroxyl groups is 1. The quantitative estimate of drug-likeness (QED) is 0.895. The third-order valence-corrected chi connectivity index (χ3v) is 5.23. The third kappa shape index (κ3) is 3.31. The number of hydrogen-bond donors (Lipinski definition) is 1. The summed E-state index contributed by atoms with van der Waals surface area (Å²) >= 11 is 0. The van der Waals surface area contributed by atoms with Crippen LogP contribution in [0, 0.1) is 6.92 Å². The first-order valence-electron chi connectivity index (χ1n) is 6.49. The molecule has 7 heteroatoms. The van der Waals surface area contributed by atoms with Crippen LogP contribution in [0.2, 0.25) is 0 Å². The lowest BCUT2D eigenvalue weighted by Crippen LogP contribution is -2.27. The Morgan fingerprint density at radius 2 is 2.05 bits per heavy atom. The van der Waals surface area contributed by atoms with Crippen LogP contribution in [-0.2, 0) is 30.2 Å². The number of hydrogen-bond acceptors (Lipinski definition) is 4. The molecule has 0 radical (unpaired) electrons. The number of sulfonamides is 1. The Balaban J connectivity index is 2.32. The molecule has 1 aromatic carbocycles. The van der Waals surface area contributed by atoms with Gasteiger partial charge in [-0.05, 0) is 24.1 Å². The zero-order chi connectivity index (χ0) is 15.6. The number of rotatable bonds is 5. The van der Waals surface area contributed by atoms with E-state index in [0.29, 0.717) is 11.1 Å². The summed E-state index contributed by atoms with van der Waals surface area (Å²) in [5, 5.41) is 13.2. The van der Waals surface area contributed by atoms with Crippen LogP contribution in [0.25, 0.3) is 0 Å². The van der Waals surface area contributed by atoms with Crippen molar-refractivity contribution in [2.45, 2.75) is 25.0 Å². The van der Waals surface area contributed by atoms with E-state index in [9.17, 15) is 13.5 Å². The van der Waals surface area contributed by atoms with E-state index in [0.717, 1.165) is 5.56 Å². The van der Waals surface area contributed by atoms with Crippen molar-refractivity contribution >= 4 is 10.0 Å². The molecule has 0 bridgehead atoms. The Kier molecular flexibility index (Phi) is 4.46. The van der Waals surface area contributed by atoms with E-state index in [1.165, 1.54) is 17.4 Å². The highest BCUT2D eigenvalue weighted by Crippen LogP contribution is 2.22. The predicted octanol–water partition coefficient (Wildman–Crippen LogP) is 1.04. The van der Waals surface area contributed by atoms with Crippen LogP contribution >= 0.6 is 0 Å². The number of benzene rings is 1. The molecule has 0 saturated carbocycles. The smallest absolute Gasteiger partial charge is 0.243 e. The van der Waals surface area contributed by atoms with Crippen molar-refractivity contribution in [3.05, 3.63) is 47.3 Å². The molecule has 0 spiro atoms. The Morgan fingerprint density at radius 3 is 2.62 bits per heavy atom. The Labute approximate surface area is 124 Å². The Hall–Kier alpha value is -1.70. The number of aryl methyl sites for hydroxylation is 2. The van der Waals surface area contributed by atoms with Crippen molar-refractivity contribution in [3.63, 3.8) is 0 Å². The van der Waals surface area contributed by atoms with Gasteiger partial charge in [-0.1, -0.05) is 12.1 Å². The summed E-state index contributed by atoms with van der Waals surface area (Å²) in [6.07, 6.45) is 3.42. The molecule has 114 valence electrons. The van der Waals surface area contributed by atoms with Gasteiger partial charge in [0.15, 0.2) is 0 Å².